The lowest BCUT2D eigenvalue weighted by Gasteiger charge is -2.26. The Morgan fingerprint density at radius 1 is 0.593 bits per heavy atom. The van der Waals surface area contributed by atoms with E-state index in [1.165, 1.54) is 52.5 Å². The van der Waals surface area contributed by atoms with Crippen molar-refractivity contribution in [3.8, 4) is 0 Å². The number of carboxylic acid groups (broad SMARTS) is 1. The van der Waals surface area contributed by atoms with E-state index in [0.29, 0.717) is 5.56 Å². The number of aromatic carboxylic acids is 1. The van der Waals surface area contributed by atoms with Crippen molar-refractivity contribution >= 4 is 83.4 Å². The summed E-state index contributed by atoms with van der Waals surface area (Å²) in [7, 11) is -9.33. The molecule has 0 unspecified atom stereocenters. The summed E-state index contributed by atoms with van der Waals surface area (Å²) in [5.41, 5.74) is 14.8. The number of anilines is 2. The van der Waals surface area contributed by atoms with Gasteiger partial charge in [-0.2, -0.15) is 9.15 Å². The summed E-state index contributed by atoms with van der Waals surface area (Å²) >= 11 is 0. The van der Waals surface area contributed by atoms with Crippen molar-refractivity contribution < 1.29 is 56.9 Å². The van der Waals surface area contributed by atoms with Gasteiger partial charge in [0, 0.05) is 106 Å². The average molecular weight is 1160 g/mol. The Labute approximate surface area is 482 Å². The first-order valence-electron chi connectivity index (χ1n) is 26.9. The molecule has 0 amide bonds. The first-order chi connectivity index (χ1) is 38.1. The number of aliphatic imine (C=N–C) groups is 1. The number of rotatable bonds is 16. The van der Waals surface area contributed by atoms with Crippen LogP contribution in [0, 0.1) is 0 Å². The zero-order valence-electron chi connectivity index (χ0n) is 48.5. The first-order valence-corrected chi connectivity index (χ1v) is 29.9. The number of para-hydroxylation sites is 3. The molecule has 16 nitrogen and oxygen atoms in total. The van der Waals surface area contributed by atoms with Gasteiger partial charge >= 0.3 is 37.8 Å². The van der Waals surface area contributed by atoms with Crippen molar-refractivity contribution in [1.82, 2.24) is 0 Å². The summed E-state index contributed by atoms with van der Waals surface area (Å²) in [4.78, 5) is 19.8. The maximum absolute atomic E-state index is 12.5. The van der Waals surface area contributed by atoms with E-state index >= 15 is 0 Å². The van der Waals surface area contributed by atoms with Crippen LogP contribution in [-0.4, -0.2) is 94.9 Å². The molecule has 4 heterocycles. The van der Waals surface area contributed by atoms with Crippen molar-refractivity contribution in [1.29, 1.82) is 0 Å². The SMILES string of the molecule is CCCC[N+]1=C(/C=C/C=C/C=C2/N(CCC)c3cc(C(=O)O)c4c(c3C2(C)C)N=C(C)C4(C)C)C(C)(C)c2ccccc21.CCCC[N+]1=C(/C=C/C=C/Nc2ccccc2)C(C)(C)c2ccccc21.O=S(=O)=O.O=S(=O)=O.O=S(=O)=O. The minimum absolute atomic E-state index is 0.0293. The minimum Gasteiger partial charge on any atom is -0.478 e. The quantitative estimate of drug-likeness (QED) is 0.0787. The maximum atomic E-state index is 12.5. The van der Waals surface area contributed by atoms with Crippen LogP contribution in [0.15, 0.2) is 150 Å². The van der Waals surface area contributed by atoms with E-state index < -0.39 is 43.2 Å². The highest BCUT2D eigenvalue weighted by Crippen LogP contribution is 2.57. The normalized spacial score (nSPS) is 16.8. The lowest BCUT2D eigenvalue weighted by Crippen LogP contribution is -2.27. The zero-order valence-corrected chi connectivity index (χ0v) is 50.9. The summed E-state index contributed by atoms with van der Waals surface area (Å²) in [6, 6.07) is 29.7. The van der Waals surface area contributed by atoms with Crippen LogP contribution in [0.2, 0.25) is 0 Å². The zero-order chi connectivity index (χ0) is 60.5. The fourth-order valence-corrected chi connectivity index (χ4v) is 10.9. The predicted octanol–water partition coefficient (Wildman–Crippen LogP) is 12.2. The standard InChI is InChI=1S/C38H47N3O2.C24H28N2.3O3S/c1-10-12-23-41-28-19-17-16-18-27(28)37(6,7)30(41)20-14-13-15-21-31-38(8,9)33-29(40(31)22-11-2)24-26(35(42)43)32-34(33)39-25(3)36(32,4)5;1-4-5-19-26-22-16-10-9-15-21(22)24(2,3)23(26)17-11-12-18-25-20-13-7-6-8-14-20;3*1-4(2)3/h13-21,24H,10-12,22-23H2,1-9H3;6-18H,4-5,19H2,1-3H3;;;/p+2. The number of nitrogens with zero attached hydrogens (tertiary/aromatic N) is 4. The van der Waals surface area contributed by atoms with E-state index in [-0.39, 0.29) is 16.2 Å². The number of nitrogens with one attached hydrogen (secondary N) is 1. The van der Waals surface area contributed by atoms with E-state index in [0.717, 1.165) is 72.8 Å². The van der Waals surface area contributed by atoms with Crippen molar-refractivity contribution in [3.05, 3.63) is 173 Å². The summed E-state index contributed by atoms with van der Waals surface area (Å²) < 4.78 is 81.0. The number of benzene rings is 4. The third-order valence-electron chi connectivity index (χ3n) is 14.9. The van der Waals surface area contributed by atoms with Gasteiger partial charge in [-0.15, -0.1) is 37.9 Å². The van der Waals surface area contributed by atoms with Crippen LogP contribution in [0.1, 0.15) is 148 Å². The van der Waals surface area contributed by atoms with Crippen LogP contribution in [0.4, 0.5) is 28.4 Å². The molecule has 0 aromatic heterocycles. The Balaban J connectivity index is 0.000000313. The molecular formula is C62H77N5O11S3+2. The molecule has 432 valence electrons. The molecule has 19 heteroatoms. The number of fused-ring (bicyclic) bond motifs is 5. The van der Waals surface area contributed by atoms with E-state index in [4.69, 9.17) is 42.9 Å². The first kappa shape index (κ1) is 66.0. The predicted molar refractivity (Wildman–Crippen MR) is 322 cm³/mol. The van der Waals surface area contributed by atoms with E-state index in [9.17, 15) is 9.90 Å². The lowest BCUT2D eigenvalue weighted by molar-refractivity contribution is -0.438. The molecule has 2 N–H and O–H groups in total. The van der Waals surface area contributed by atoms with Crippen LogP contribution in [0.5, 0.6) is 0 Å². The molecule has 0 atom stereocenters. The number of unbranched alkanes of at least 4 members (excludes halogenated alkanes) is 2. The number of carbonyl (C=O) groups is 1. The van der Waals surface area contributed by atoms with Crippen LogP contribution >= 0.6 is 0 Å². The van der Waals surface area contributed by atoms with Crippen LogP contribution in [0.25, 0.3) is 0 Å². The fourth-order valence-electron chi connectivity index (χ4n) is 10.9. The largest absolute Gasteiger partial charge is 0.478 e. The monoisotopic (exact) mass is 1160 g/mol. The topological polar surface area (TPSA) is 225 Å². The van der Waals surface area contributed by atoms with E-state index in [2.05, 4.69) is 205 Å². The molecule has 0 saturated carbocycles. The van der Waals surface area contributed by atoms with Crippen LogP contribution in [0.3, 0.4) is 0 Å². The van der Waals surface area contributed by atoms with Gasteiger partial charge in [-0.3, -0.25) is 4.99 Å². The molecule has 0 aliphatic carbocycles. The highest BCUT2D eigenvalue weighted by molar-refractivity contribution is 7.59. The van der Waals surface area contributed by atoms with Gasteiger partial charge in [0.15, 0.2) is 11.4 Å². The van der Waals surface area contributed by atoms with Gasteiger partial charge in [0.05, 0.1) is 22.1 Å². The highest BCUT2D eigenvalue weighted by atomic mass is 32.2. The Morgan fingerprint density at radius 3 is 1.51 bits per heavy atom. The van der Waals surface area contributed by atoms with E-state index in [1.807, 2.05) is 37.4 Å². The Morgan fingerprint density at radius 2 is 1.05 bits per heavy atom. The van der Waals surface area contributed by atoms with Crippen LogP contribution in [-0.2, 0) is 53.5 Å². The third kappa shape index (κ3) is 16.1. The maximum Gasteiger partial charge on any atom is 0.425 e. The average Bonchev–Trinajstić information content (AvgIpc) is 4.16. The highest BCUT2D eigenvalue weighted by Gasteiger charge is 2.48. The van der Waals surface area contributed by atoms with Gasteiger partial charge in [-0.05, 0) is 71.4 Å². The summed E-state index contributed by atoms with van der Waals surface area (Å²) in [5, 5.41) is 13.6. The molecule has 0 spiro atoms. The molecule has 0 bridgehead atoms. The molecule has 0 fully saturated rings. The van der Waals surface area contributed by atoms with Crippen LogP contribution < -0.4 is 10.2 Å². The van der Waals surface area contributed by atoms with Gasteiger partial charge in [-0.25, -0.2) is 4.79 Å². The van der Waals surface area contributed by atoms with Crippen molar-refractivity contribution in [3.63, 3.8) is 0 Å². The Kier molecular flexibility index (Phi) is 23.9. The van der Waals surface area contributed by atoms with Gasteiger partial charge in [-0.1, -0.05) is 140 Å². The van der Waals surface area contributed by atoms with Crippen molar-refractivity contribution in [2.24, 2.45) is 4.99 Å². The summed E-state index contributed by atoms with van der Waals surface area (Å²) in [6.07, 6.45) is 25.0. The molecule has 0 saturated heterocycles. The summed E-state index contributed by atoms with van der Waals surface area (Å²) in [5.74, 6) is -0.892. The molecular weight excluding hydrogens is 1090 g/mol. The molecule has 4 aromatic rings. The van der Waals surface area contributed by atoms with Gasteiger partial charge in [0.1, 0.15) is 13.1 Å². The number of hydrogen-bond acceptors (Lipinski definition) is 13. The van der Waals surface area contributed by atoms with Gasteiger partial charge in [0.25, 0.3) is 0 Å². The second kappa shape index (κ2) is 29.3. The molecule has 8 rings (SSSR count). The van der Waals surface area contributed by atoms with Crippen molar-refractivity contribution in [2.45, 2.75) is 137 Å². The third-order valence-corrected chi connectivity index (χ3v) is 14.9. The number of allylic oxidation sites excluding steroid dienone is 9. The second-order valence-corrected chi connectivity index (χ2v) is 22.9. The molecule has 4 aliphatic heterocycles. The fraction of sp³-hybridized carbons (Fsp3) is 0.387. The van der Waals surface area contributed by atoms with Crippen molar-refractivity contribution in [2.75, 3.05) is 29.9 Å². The Bertz CT molecular complexity index is 3490. The smallest absolute Gasteiger partial charge is 0.425 e. The number of hydrogen-bond donors (Lipinski definition) is 2. The molecule has 4 aliphatic rings. The molecule has 81 heavy (non-hydrogen) atoms. The Hall–Kier alpha value is -7.48. The van der Waals surface area contributed by atoms with Gasteiger partial charge < -0.3 is 15.3 Å². The van der Waals surface area contributed by atoms with Gasteiger partial charge in [0.2, 0.25) is 11.4 Å². The minimum atomic E-state index is -3.11. The molecule has 4 aromatic carbocycles. The summed E-state index contributed by atoms with van der Waals surface area (Å²) in [6.45, 7) is 29.5. The number of carboxylic acids is 1. The lowest BCUT2D eigenvalue weighted by atomic mass is 9.75. The second-order valence-electron chi connectivity index (χ2n) is 21.6. The molecule has 0 radical (unpaired) electrons. The van der Waals surface area contributed by atoms with E-state index in [1.54, 1.807) is 0 Å².